The molecule has 0 bridgehead atoms. The zero-order chi connectivity index (χ0) is 12.5. The minimum atomic E-state index is -0.0165. The first-order valence-corrected chi connectivity index (χ1v) is 6.79. The molecule has 1 N–H and O–H groups in total. The summed E-state index contributed by atoms with van der Waals surface area (Å²) in [6.07, 6.45) is 0.977. The van der Waals surface area contributed by atoms with E-state index in [4.69, 9.17) is 0 Å². The Morgan fingerprint density at radius 1 is 1.17 bits per heavy atom. The number of carbonyl (C=O) groups is 1. The van der Waals surface area contributed by atoms with Crippen molar-refractivity contribution >= 4 is 38.4 Å². The van der Waals surface area contributed by atoms with Gasteiger partial charge in [0.1, 0.15) is 0 Å². The smallest absolute Gasteiger partial charge is 0.321 e. The monoisotopic (exact) mass is 304 g/mol. The number of fused-ring (bicyclic) bond motifs is 1. The minimum absolute atomic E-state index is 0.0165. The molecule has 1 fully saturated rings. The molecule has 0 saturated carbocycles. The molecule has 18 heavy (non-hydrogen) atoms. The van der Waals surface area contributed by atoms with Crippen molar-refractivity contribution in [2.45, 2.75) is 6.42 Å². The molecule has 0 aromatic heterocycles. The summed E-state index contributed by atoms with van der Waals surface area (Å²) < 4.78 is 0.984. The van der Waals surface area contributed by atoms with Crippen LogP contribution in [0.2, 0.25) is 0 Å². The van der Waals surface area contributed by atoms with Crippen LogP contribution >= 0.6 is 15.9 Å². The molecule has 92 valence electrons. The van der Waals surface area contributed by atoms with Crippen molar-refractivity contribution in [2.75, 3.05) is 18.0 Å². The Kier molecular flexibility index (Phi) is 2.96. The molecule has 0 unspecified atom stereocenters. The zero-order valence-corrected chi connectivity index (χ0v) is 11.4. The fourth-order valence-electron chi connectivity index (χ4n) is 2.29. The number of carbonyl (C=O) groups excluding carboxylic acids is 1. The van der Waals surface area contributed by atoms with Gasteiger partial charge < -0.3 is 5.32 Å². The summed E-state index contributed by atoms with van der Waals surface area (Å²) in [5.74, 6) is 0. The largest absolute Gasteiger partial charge is 0.338 e. The third-order valence-electron chi connectivity index (χ3n) is 3.21. The molecule has 1 aliphatic rings. The molecule has 0 atom stereocenters. The van der Waals surface area contributed by atoms with Crippen LogP contribution < -0.4 is 10.2 Å². The molecule has 4 heteroatoms. The van der Waals surface area contributed by atoms with Crippen LogP contribution in [0, 0.1) is 0 Å². The second kappa shape index (κ2) is 4.61. The first-order chi connectivity index (χ1) is 8.77. The fourth-order valence-corrected chi connectivity index (χ4v) is 3.00. The molecule has 2 aromatic rings. The molecule has 2 amide bonds. The van der Waals surface area contributed by atoms with Gasteiger partial charge in [0.25, 0.3) is 0 Å². The van der Waals surface area contributed by atoms with Crippen LogP contribution in [0.5, 0.6) is 0 Å². The van der Waals surface area contributed by atoms with E-state index in [0.717, 1.165) is 35.1 Å². The zero-order valence-electron chi connectivity index (χ0n) is 9.82. The minimum Gasteiger partial charge on any atom is -0.338 e. The molecular weight excluding hydrogens is 292 g/mol. The first kappa shape index (κ1) is 11.5. The number of benzene rings is 2. The Hall–Kier alpha value is -1.55. The number of urea groups is 1. The Balaban J connectivity index is 2.12. The number of hydrogen-bond donors (Lipinski definition) is 1. The molecular formula is C14H13BrN2O. The standard InChI is InChI=1S/C14H13BrN2O/c15-13-11-5-2-1-4-10(11)6-7-12(13)17-9-3-8-16-14(17)18/h1-2,4-7H,3,8-9H2,(H,16,18). The fraction of sp³-hybridized carbons (Fsp3) is 0.214. The van der Waals surface area contributed by atoms with Crippen LogP contribution in [0.3, 0.4) is 0 Å². The van der Waals surface area contributed by atoms with Crippen molar-refractivity contribution in [3.05, 3.63) is 40.9 Å². The quantitative estimate of drug-likeness (QED) is 0.859. The van der Waals surface area contributed by atoms with Crippen LogP contribution in [-0.4, -0.2) is 19.1 Å². The Morgan fingerprint density at radius 3 is 2.83 bits per heavy atom. The van der Waals surface area contributed by atoms with Gasteiger partial charge in [-0.25, -0.2) is 4.79 Å². The van der Waals surface area contributed by atoms with E-state index in [1.807, 2.05) is 18.2 Å². The van der Waals surface area contributed by atoms with Crippen molar-refractivity contribution in [2.24, 2.45) is 0 Å². The summed E-state index contributed by atoms with van der Waals surface area (Å²) in [4.78, 5) is 13.7. The molecule has 1 aliphatic heterocycles. The van der Waals surface area contributed by atoms with Crippen molar-refractivity contribution in [3.63, 3.8) is 0 Å². The highest BCUT2D eigenvalue weighted by Gasteiger charge is 2.21. The van der Waals surface area contributed by atoms with Gasteiger partial charge in [0.15, 0.2) is 0 Å². The number of nitrogens with one attached hydrogen (secondary N) is 1. The maximum absolute atomic E-state index is 11.9. The SMILES string of the molecule is O=C1NCCCN1c1ccc2ccccc2c1Br. The van der Waals surface area contributed by atoms with Gasteiger partial charge in [0.2, 0.25) is 0 Å². The molecule has 0 spiro atoms. The summed E-state index contributed by atoms with van der Waals surface area (Å²) in [5, 5.41) is 5.18. The van der Waals surface area contributed by atoms with E-state index in [0.29, 0.717) is 0 Å². The second-order valence-corrected chi connectivity index (χ2v) is 5.15. The second-order valence-electron chi connectivity index (χ2n) is 4.36. The Labute approximate surface area is 114 Å². The average Bonchev–Trinajstić information content (AvgIpc) is 2.41. The van der Waals surface area contributed by atoms with Crippen LogP contribution in [0.4, 0.5) is 10.5 Å². The van der Waals surface area contributed by atoms with Gasteiger partial charge in [-0.2, -0.15) is 0 Å². The molecule has 1 heterocycles. The molecule has 0 radical (unpaired) electrons. The summed E-state index contributed by atoms with van der Waals surface area (Å²) in [5.41, 5.74) is 0.936. The van der Waals surface area contributed by atoms with Gasteiger partial charge >= 0.3 is 6.03 Å². The highest BCUT2D eigenvalue weighted by molar-refractivity contribution is 9.10. The number of amides is 2. The van der Waals surface area contributed by atoms with E-state index in [9.17, 15) is 4.79 Å². The number of rotatable bonds is 1. The van der Waals surface area contributed by atoms with E-state index in [1.165, 1.54) is 5.39 Å². The van der Waals surface area contributed by atoms with Gasteiger partial charge in [-0.3, -0.25) is 4.90 Å². The summed E-state index contributed by atoms with van der Waals surface area (Å²) >= 11 is 3.62. The topological polar surface area (TPSA) is 32.3 Å². The van der Waals surface area contributed by atoms with Gasteiger partial charge in [-0.15, -0.1) is 0 Å². The Morgan fingerprint density at radius 2 is 2.00 bits per heavy atom. The van der Waals surface area contributed by atoms with Crippen molar-refractivity contribution < 1.29 is 4.79 Å². The van der Waals surface area contributed by atoms with Gasteiger partial charge in [-0.05, 0) is 39.2 Å². The Bertz CT molecular complexity index is 612. The normalized spacial score (nSPS) is 15.8. The lowest BCUT2D eigenvalue weighted by molar-refractivity contribution is 0.243. The van der Waals surface area contributed by atoms with Crippen LogP contribution in [0.25, 0.3) is 10.8 Å². The maximum Gasteiger partial charge on any atom is 0.321 e. The number of hydrogen-bond acceptors (Lipinski definition) is 1. The molecule has 1 saturated heterocycles. The van der Waals surface area contributed by atoms with E-state index >= 15 is 0 Å². The summed E-state index contributed by atoms with van der Waals surface area (Å²) in [7, 11) is 0. The van der Waals surface area contributed by atoms with E-state index in [-0.39, 0.29) is 6.03 Å². The molecule has 3 nitrogen and oxygen atoms in total. The molecule has 2 aromatic carbocycles. The van der Waals surface area contributed by atoms with Crippen molar-refractivity contribution in [1.29, 1.82) is 0 Å². The number of nitrogens with zero attached hydrogens (tertiary/aromatic N) is 1. The van der Waals surface area contributed by atoms with Crippen LogP contribution in [0.15, 0.2) is 40.9 Å². The lowest BCUT2D eigenvalue weighted by atomic mass is 10.1. The maximum atomic E-state index is 11.9. The van der Waals surface area contributed by atoms with E-state index < -0.39 is 0 Å². The first-order valence-electron chi connectivity index (χ1n) is 6.00. The third kappa shape index (κ3) is 1.86. The molecule has 3 rings (SSSR count). The average molecular weight is 305 g/mol. The summed E-state index contributed by atoms with van der Waals surface area (Å²) in [6.45, 7) is 1.53. The number of halogens is 1. The lowest BCUT2D eigenvalue weighted by Gasteiger charge is -2.28. The summed E-state index contributed by atoms with van der Waals surface area (Å²) in [6, 6.07) is 12.2. The predicted molar refractivity (Wildman–Crippen MR) is 77.0 cm³/mol. The van der Waals surface area contributed by atoms with Crippen LogP contribution in [-0.2, 0) is 0 Å². The predicted octanol–water partition coefficient (Wildman–Crippen LogP) is 3.52. The van der Waals surface area contributed by atoms with Gasteiger partial charge in [-0.1, -0.05) is 30.3 Å². The van der Waals surface area contributed by atoms with Crippen LogP contribution in [0.1, 0.15) is 6.42 Å². The highest BCUT2D eigenvalue weighted by Crippen LogP contribution is 2.34. The third-order valence-corrected chi connectivity index (χ3v) is 4.05. The van der Waals surface area contributed by atoms with Crippen molar-refractivity contribution in [1.82, 2.24) is 5.32 Å². The van der Waals surface area contributed by atoms with Gasteiger partial charge in [0, 0.05) is 17.6 Å². The van der Waals surface area contributed by atoms with Crippen molar-refractivity contribution in [3.8, 4) is 0 Å². The van der Waals surface area contributed by atoms with E-state index in [2.05, 4.69) is 39.4 Å². The highest BCUT2D eigenvalue weighted by atomic mass is 79.9. The van der Waals surface area contributed by atoms with Gasteiger partial charge in [0.05, 0.1) is 5.69 Å². The number of anilines is 1. The molecule has 0 aliphatic carbocycles. The lowest BCUT2D eigenvalue weighted by Crippen LogP contribution is -2.46. The van der Waals surface area contributed by atoms with E-state index in [1.54, 1.807) is 4.90 Å².